The molecule has 0 aliphatic heterocycles. The molecule has 0 saturated carbocycles. The van der Waals surface area contributed by atoms with Gasteiger partial charge in [-0.15, -0.1) is 10.2 Å². The molecule has 3 aromatic rings. The third kappa shape index (κ3) is 4.31. The lowest BCUT2D eigenvalue weighted by Gasteiger charge is -2.10. The number of nitrogens with zero attached hydrogens (tertiary/aromatic N) is 4. The van der Waals surface area contributed by atoms with E-state index in [1.54, 1.807) is 0 Å². The second-order valence-electron chi connectivity index (χ2n) is 5.73. The van der Waals surface area contributed by atoms with Gasteiger partial charge in [-0.3, -0.25) is 9.59 Å². The molecule has 3 rings (SSSR count). The Labute approximate surface area is 154 Å². The second-order valence-corrected chi connectivity index (χ2v) is 6.51. The average molecular weight is 370 g/mol. The van der Waals surface area contributed by atoms with Crippen LogP contribution in [0.1, 0.15) is 11.1 Å². The number of hydrogen-bond donors (Lipinski definition) is 2. The zero-order valence-corrected chi connectivity index (χ0v) is 15.2. The van der Waals surface area contributed by atoms with E-state index in [0.29, 0.717) is 5.82 Å². The molecule has 0 unspecified atom stereocenters. The number of anilines is 1. The highest BCUT2D eigenvalue weighted by Crippen LogP contribution is 2.18. The van der Waals surface area contributed by atoms with Crippen LogP contribution in [-0.2, 0) is 16.1 Å². The Bertz CT molecular complexity index is 919. The van der Waals surface area contributed by atoms with Crippen molar-refractivity contribution in [3.05, 3.63) is 46.2 Å². The van der Waals surface area contributed by atoms with E-state index < -0.39 is 0 Å². The number of rotatable bonds is 6. The van der Waals surface area contributed by atoms with Gasteiger partial charge < -0.3 is 10.6 Å². The van der Waals surface area contributed by atoms with Crippen molar-refractivity contribution in [1.29, 1.82) is 0 Å². The number of aromatic nitrogens is 4. The molecular weight excluding hydrogens is 352 g/mol. The molecule has 0 aliphatic rings. The minimum absolute atomic E-state index is 0.103. The molecule has 2 N–H and O–H groups in total. The van der Waals surface area contributed by atoms with Gasteiger partial charge >= 0.3 is 0 Å². The fraction of sp³-hybridized carbons (Fsp3) is 0.235. The molecule has 2 heterocycles. The maximum absolute atomic E-state index is 12.0. The van der Waals surface area contributed by atoms with Gasteiger partial charge in [0.25, 0.3) is 0 Å². The first kappa shape index (κ1) is 17.7. The monoisotopic (exact) mass is 370 g/mol. The van der Waals surface area contributed by atoms with Gasteiger partial charge in [0, 0.05) is 16.6 Å². The lowest BCUT2D eigenvalue weighted by atomic mass is 10.1. The molecule has 0 bridgehead atoms. The molecule has 1 aromatic carbocycles. The minimum atomic E-state index is -0.365. The first-order valence-electron chi connectivity index (χ1n) is 7.96. The van der Waals surface area contributed by atoms with Gasteiger partial charge in [0.05, 0.1) is 6.54 Å². The summed E-state index contributed by atoms with van der Waals surface area (Å²) in [6.07, 6.45) is 0. The predicted octanol–water partition coefficient (Wildman–Crippen LogP) is 1.77. The van der Waals surface area contributed by atoms with Crippen LogP contribution in [0.3, 0.4) is 0 Å². The van der Waals surface area contributed by atoms with Crippen LogP contribution in [0.25, 0.3) is 11.4 Å². The summed E-state index contributed by atoms with van der Waals surface area (Å²) in [7, 11) is 0. The van der Waals surface area contributed by atoms with Crippen LogP contribution in [0.15, 0.2) is 35.0 Å². The van der Waals surface area contributed by atoms with Crippen molar-refractivity contribution in [2.24, 2.45) is 0 Å². The van der Waals surface area contributed by atoms with Crippen LogP contribution in [0, 0.1) is 13.8 Å². The quantitative estimate of drug-likeness (QED) is 0.689. The van der Waals surface area contributed by atoms with Gasteiger partial charge in [0.15, 0.2) is 0 Å². The maximum atomic E-state index is 12.0. The standard InChI is InChI=1S/C17H18N6O2S/c1-11-4-3-5-14(12(11)2)19-15(24)8-18-16(25)9-23-21-17(20-22-23)13-6-7-26-10-13/h3-7,10H,8-9H2,1-2H3,(H,18,25)(H,19,24). The Morgan fingerprint density at radius 1 is 1.19 bits per heavy atom. The van der Waals surface area contributed by atoms with Crippen LogP contribution in [0.2, 0.25) is 0 Å². The van der Waals surface area contributed by atoms with Crippen molar-refractivity contribution in [1.82, 2.24) is 25.5 Å². The second kappa shape index (κ2) is 7.87. The summed E-state index contributed by atoms with van der Waals surface area (Å²) in [4.78, 5) is 25.2. The Morgan fingerprint density at radius 3 is 2.81 bits per heavy atom. The lowest BCUT2D eigenvalue weighted by Crippen LogP contribution is -2.35. The Balaban J connectivity index is 1.49. The van der Waals surface area contributed by atoms with Crippen molar-refractivity contribution < 1.29 is 9.59 Å². The van der Waals surface area contributed by atoms with Crippen LogP contribution in [0.4, 0.5) is 5.69 Å². The van der Waals surface area contributed by atoms with Gasteiger partial charge in [0.1, 0.15) is 6.54 Å². The van der Waals surface area contributed by atoms with Crippen molar-refractivity contribution in [2.45, 2.75) is 20.4 Å². The molecule has 2 amide bonds. The van der Waals surface area contributed by atoms with Crippen LogP contribution in [-0.4, -0.2) is 38.6 Å². The average Bonchev–Trinajstić information content (AvgIpc) is 3.28. The first-order valence-corrected chi connectivity index (χ1v) is 8.90. The summed E-state index contributed by atoms with van der Waals surface area (Å²) in [5.41, 5.74) is 3.68. The molecule has 26 heavy (non-hydrogen) atoms. The smallest absolute Gasteiger partial charge is 0.244 e. The number of amides is 2. The molecule has 0 saturated heterocycles. The van der Waals surface area contributed by atoms with E-state index in [-0.39, 0.29) is 24.9 Å². The third-order valence-corrected chi connectivity index (χ3v) is 4.53. The molecule has 134 valence electrons. The number of aryl methyl sites for hydroxylation is 1. The zero-order chi connectivity index (χ0) is 18.5. The summed E-state index contributed by atoms with van der Waals surface area (Å²) >= 11 is 1.53. The number of benzene rings is 1. The van der Waals surface area contributed by atoms with Gasteiger partial charge in [-0.1, -0.05) is 12.1 Å². The number of carbonyl (C=O) groups excluding carboxylic acids is 2. The molecule has 9 heteroatoms. The van der Waals surface area contributed by atoms with Gasteiger partial charge in [-0.05, 0) is 47.7 Å². The molecular formula is C17H18N6O2S. The summed E-state index contributed by atoms with van der Waals surface area (Å²) in [5, 5.41) is 21.1. The van der Waals surface area contributed by atoms with E-state index in [0.717, 1.165) is 22.4 Å². The van der Waals surface area contributed by atoms with E-state index >= 15 is 0 Å². The molecule has 0 aliphatic carbocycles. The van der Waals surface area contributed by atoms with Crippen molar-refractivity contribution in [3.63, 3.8) is 0 Å². The Morgan fingerprint density at radius 2 is 2.04 bits per heavy atom. The molecule has 0 radical (unpaired) electrons. The van der Waals surface area contributed by atoms with E-state index in [4.69, 9.17) is 0 Å². The molecule has 8 nitrogen and oxygen atoms in total. The van der Waals surface area contributed by atoms with Crippen molar-refractivity contribution in [2.75, 3.05) is 11.9 Å². The zero-order valence-electron chi connectivity index (χ0n) is 14.4. The highest BCUT2D eigenvalue weighted by atomic mass is 32.1. The normalized spacial score (nSPS) is 10.5. The summed E-state index contributed by atoms with van der Waals surface area (Å²) < 4.78 is 0. The van der Waals surface area contributed by atoms with Gasteiger partial charge in [-0.25, -0.2) is 0 Å². The predicted molar refractivity (Wildman–Crippen MR) is 98.7 cm³/mol. The van der Waals surface area contributed by atoms with Crippen LogP contribution < -0.4 is 10.6 Å². The van der Waals surface area contributed by atoms with Gasteiger partial charge in [-0.2, -0.15) is 16.1 Å². The number of nitrogens with one attached hydrogen (secondary N) is 2. The van der Waals surface area contributed by atoms with E-state index in [2.05, 4.69) is 26.0 Å². The topological polar surface area (TPSA) is 102 Å². The largest absolute Gasteiger partial charge is 0.345 e. The van der Waals surface area contributed by atoms with E-state index in [1.807, 2.05) is 48.9 Å². The number of carbonyl (C=O) groups is 2. The minimum Gasteiger partial charge on any atom is -0.345 e. The Kier molecular flexibility index (Phi) is 5.37. The maximum Gasteiger partial charge on any atom is 0.244 e. The van der Waals surface area contributed by atoms with Gasteiger partial charge in [0.2, 0.25) is 17.6 Å². The highest BCUT2D eigenvalue weighted by Gasteiger charge is 2.11. The first-order chi connectivity index (χ1) is 12.5. The Hall–Kier alpha value is -3.07. The molecule has 0 fully saturated rings. The lowest BCUT2D eigenvalue weighted by molar-refractivity contribution is -0.124. The fourth-order valence-corrected chi connectivity index (χ4v) is 2.90. The molecule has 2 aromatic heterocycles. The summed E-state index contributed by atoms with van der Waals surface area (Å²) in [6, 6.07) is 7.55. The van der Waals surface area contributed by atoms with E-state index in [9.17, 15) is 9.59 Å². The fourth-order valence-electron chi connectivity index (χ4n) is 2.26. The number of hydrogen-bond acceptors (Lipinski definition) is 6. The molecule has 0 spiro atoms. The third-order valence-electron chi connectivity index (χ3n) is 3.84. The summed E-state index contributed by atoms with van der Waals surface area (Å²) in [5.74, 6) is -0.195. The highest BCUT2D eigenvalue weighted by molar-refractivity contribution is 7.08. The SMILES string of the molecule is Cc1cccc(NC(=O)CNC(=O)Cn2nnc(-c3ccsc3)n2)c1C. The van der Waals surface area contributed by atoms with E-state index in [1.165, 1.54) is 16.1 Å². The number of tetrazole rings is 1. The molecule has 0 atom stereocenters. The van der Waals surface area contributed by atoms with Crippen LogP contribution >= 0.6 is 11.3 Å². The van der Waals surface area contributed by atoms with Crippen LogP contribution in [0.5, 0.6) is 0 Å². The van der Waals surface area contributed by atoms with Crippen molar-refractivity contribution >= 4 is 28.8 Å². The van der Waals surface area contributed by atoms with Crippen molar-refractivity contribution in [3.8, 4) is 11.4 Å². The summed E-state index contributed by atoms with van der Waals surface area (Å²) in [6.45, 7) is 3.68. The number of thiophene rings is 1.